The summed E-state index contributed by atoms with van der Waals surface area (Å²) in [6.45, 7) is 4.59. The lowest BCUT2D eigenvalue weighted by atomic mass is 9.65. The minimum atomic E-state index is -0.0191. The van der Waals surface area contributed by atoms with E-state index in [4.69, 9.17) is 34.9 Å². The van der Waals surface area contributed by atoms with E-state index in [1.165, 1.54) is 16.7 Å². The molecule has 7 nitrogen and oxygen atoms in total. The van der Waals surface area contributed by atoms with E-state index in [1.807, 2.05) is 97.3 Å². The minimum absolute atomic E-state index is 0.0191. The van der Waals surface area contributed by atoms with Gasteiger partial charge in [-0.1, -0.05) is 134 Å². The first-order valence-corrected chi connectivity index (χ1v) is 20.3. The molecule has 7 heteroatoms. The number of nitrogens with zero attached hydrogens (tertiary/aromatic N) is 7. The summed E-state index contributed by atoms with van der Waals surface area (Å²) in [6.07, 6.45) is 3.71. The van der Waals surface area contributed by atoms with Gasteiger partial charge in [-0.2, -0.15) is 0 Å². The zero-order valence-electron chi connectivity index (χ0n) is 33.0. The standard InChI is InChI=1S/C53H37N7/c1-32-45-39-19-9-10-20-41(39)56-49(42-21-11-13-29-54-42)47(45)33(2)46-40-28-27-38(31-44(40)57-50(48(32)46)43-22-12-14-30-55-43)34-23-25-37(26-24-34)53-59-51(35-15-5-3-6-16-35)58-52(60-53)36-17-7-4-8-18-36/h3-32,48H,1-2H3. The van der Waals surface area contributed by atoms with Crippen molar-refractivity contribution in [1.29, 1.82) is 0 Å². The minimum Gasteiger partial charge on any atom is -0.255 e. The van der Waals surface area contributed by atoms with Crippen molar-refractivity contribution in [1.82, 2.24) is 29.9 Å². The highest BCUT2D eigenvalue weighted by Crippen LogP contribution is 2.55. The Kier molecular flexibility index (Phi) is 8.59. The van der Waals surface area contributed by atoms with Crippen LogP contribution in [0.5, 0.6) is 0 Å². The van der Waals surface area contributed by atoms with Crippen LogP contribution in [0.2, 0.25) is 0 Å². The van der Waals surface area contributed by atoms with Crippen molar-refractivity contribution in [2.45, 2.75) is 19.8 Å². The normalized spacial score (nSPS) is 15.5. The number of para-hydroxylation sites is 1. The number of hydrogen-bond acceptors (Lipinski definition) is 7. The van der Waals surface area contributed by atoms with Crippen LogP contribution in [0.25, 0.3) is 78.7 Å². The number of aliphatic imine (C=N–C) groups is 1. The predicted molar refractivity (Wildman–Crippen MR) is 241 cm³/mol. The maximum Gasteiger partial charge on any atom is 0.164 e. The molecule has 2 aliphatic rings. The van der Waals surface area contributed by atoms with E-state index in [0.717, 1.165) is 78.3 Å². The van der Waals surface area contributed by atoms with Gasteiger partial charge in [-0.3, -0.25) is 9.97 Å². The van der Waals surface area contributed by atoms with Crippen molar-refractivity contribution in [2.75, 3.05) is 0 Å². The second-order valence-electron chi connectivity index (χ2n) is 15.3. The molecule has 1 aliphatic carbocycles. The van der Waals surface area contributed by atoms with Crippen LogP contribution in [0.15, 0.2) is 181 Å². The molecule has 2 unspecified atom stereocenters. The summed E-state index contributed by atoms with van der Waals surface area (Å²) in [5.41, 5.74) is 16.5. The van der Waals surface area contributed by atoms with Crippen LogP contribution >= 0.6 is 0 Å². The Morgan fingerprint density at radius 2 is 1.03 bits per heavy atom. The van der Waals surface area contributed by atoms with Crippen molar-refractivity contribution in [3.8, 4) is 56.7 Å². The molecule has 0 bridgehead atoms. The van der Waals surface area contributed by atoms with Gasteiger partial charge in [0.1, 0.15) is 0 Å². The maximum absolute atomic E-state index is 5.51. The highest BCUT2D eigenvalue weighted by molar-refractivity contribution is 6.18. The Balaban J connectivity index is 1.05. The maximum atomic E-state index is 5.51. The van der Waals surface area contributed by atoms with Crippen LogP contribution in [-0.2, 0) is 0 Å². The number of hydrogen-bond donors (Lipinski definition) is 0. The molecule has 284 valence electrons. The summed E-state index contributed by atoms with van der Waals surface area (Å²) in [5.74, 6) is 1.96. The van der Waals surface area contributed by atoms with Crippen LogP contribution in [-0.4, -0.2) is 35.6 Å². The van der Waals surface area contributed by atoms with Gasteiger partial charge in [0.15, 0.2) is 17.5 Å². The fourth-order valence-corrected chi connectivity index (χ4v) is 9.02. The average molecular weight is 772 g/mol. The number of pyridine rings is 3. The lowest BCUT2D eigenvalue weighted by molar-refractivity contribution is 0.683. The third-order valence-corrected chi connectivity index (χ3v) is 11.8. The molecule has 0 amide bonds. The number of rotatable bonds is 6. The molecule has 60 heavy (non-hydrogen) atoms. The van der Waals surface area contributed by atoms with Gasteiger partial charge in [0, 0.05) is 51.5 Å². The van der Waals surface area contributed by atoms with E-state index in [1.54, 1.807) is 0 Å². The van der Waals surface area contributed by atoms with Crippen molar-refractivity contribution >= 4 is 33.4 Å². The lowest BCUT2D eigenvalue weighted by Gasteiger charge is -2.39. The van der Waals surface area contributed by atoms with E-state index < -0.39 is 0 Å². The van der Waals surface area contributed by atoms with Gasteiger partial charge in [-0.05, 0) is 77.1 Å². The molecule has 5 heterocycles. The van der Waals surface area contributed by atoms with Gasteiger partial charge in [0.05, 0.1) is 34.0 Å². The second kappa shape index (κ2) is 14.6. The van der Waals surface area contributed by atoms with E-state index >= 15 is 0 Å². The number of aromatic nitrogens is 6. The molecule has 11 rings (SSSR count). The third kappa shape index (κ3) is 6.02. The van der Waals surface area contributed by atoms with Gasteiger partial charge in [0.25, 0.3) is 0 Å². The monoisotopic (exact) mass is 771 g/mol. The van der Waals surface area contributed by atoms with Crippen molar-refractivity contribution in [3.05, 3.63) is 199 Å². The quantitative estimate of drug-likeness (QED) is 0.167. The van der Waals surface area contributed by atoms with E-state index in [9.17, 15) is 0 Å². The first-order valence-electron chi connectivity index (χ1n) is 20.3. The Hall–Kier alpha value is -7.77. The largest absolute Gasteiger partial charge is 0.255 e. The zero-order valence-corrected chi connectivity index (χ0v) is 33.0. The molecular weight excluding hydrogens is 735 g/mol. The topological polar surface area (TPSA) is 89.7 Å². The van der Waals surface area contributed by atoms with Crippen molar-refractivity contribution in [2.24, 2.45) is 10.9 Å². The summed E-state index contributed by atoms with van der Waals surface area (Å²) in [5, 5.41) is 1.16. The highest BCUT2D eigenvalue weighted by atomic mass is 15.0. The zero-order chi connectivity index (χ0) is 40.2. The predicted octanol–water partition coefficient (Wildman–Crippen LogP) is 12.3. The SMILES string of the molecule is CC1=C2c3ccc(-c4ccc(-c5nc(-c6ccccc6)nc(-c6ccccc6)n5)cc4)cc3N=C(c3ccccn3)C2C(C)c2c1c(-c1ccccn1)nc1ccccc21. The van der Waals surface area contributed by atoms with Gasteiger partial charge in [0.2, 0.25) is 0 Å². The fourth-order valence-electron chi connectivity index (χ4n) is 9.02. The lowest BCUT2D eigenvalue weighted by Crippen LogP contribution is -2.30. The number of fused-ring (bicyclic) bond motifs is 6. The fraction of sp³-hybridized carbons (Fsp3) is 0.0755. The summed E-state index contributed by atoms with van der Waals surface area (Å²) in [4.78, 5) is 35.3. The summed E-state index contributed by atoms with van der Waals surface area (Å²) in [7, 11) is 0. The van der Waals surface area contributed by atoms with Gasteiger partial charge < -0.3 is 0 Å². The Labute approximate surface area is 348 Å². The molecule has 0 radical (unpaired) electrons. The second-order valence-corrected chi connectivity index (χ2v) is 15.3. The first kappa shape index (κ1) is 35.4. The van der Waals surface area contributed by atoms with Gasteiger partial charge >= 0.3 is 0 Å². The third-order valence-electron chi connectivity index (χ3n) is 11.8. The van der Waals surface area contributed by atoms with Gasteiger partial charge in [-0.25, -0.2) is 24.9 Å². The smallest absolute Gasteiger partial charge is 0.164 e. The van der Waals surface area contributed by atoms with E-state index in [-0.39, 0.29) is 11.8 Å². The van der Waals surface area contributed by atoms with Crippen molar-refractivity contribution < 1.29 is 0 Å². The van der Waals surface area contributed by atoms with Crippen LogP contribution in [0.4, 0.5) is 5.69 Å². The molecule has 0 saturated heterocycles. The summed E-state index contributed by atoms with van der Waals surface area (Å²) >= 11 is 0. The summed E-state index contributed by atoms with van der Waals surface area (Å²) in [6, 6.07) is 55.9. The molecule has 0 fully saturated rings. The first-order chi connectivity index (χ1) is 29.6. The molecular formula is C53H37N7. The Morgan fingerprint density at radius 1 is 0.483 bits per heavy atom. The van der Waals surface area contributed by atoms with Crippen LogP contribution in [0, 0.1) is 5.92 Å². The molecule has 1 aliphatic heterocycles. The van der Waals surface area contributed by atoms with Crippen LogP contribution < -0.4 is 0 Å². The average Bonchev–Trinajstić information content (AvgIpc) is 3.33. The summed E-state index contributed by atoms with van der Waals surface area (Å²) < 4.78 is 0. The Bertz CT molecular complexity index is 3090. The molecule has 2 atom stereocenters. The van der Waals surface area contributed by atoms with E-state index in [2.05, 4.69) is 92.7 Å². The molecule has 0 spiro atoms. The molecule has 0 saturated carbocycles. The molecule has 5 aromatic carbocycles. The molecule has 0 N–H and O–H groups in total. The van der Waals surface area contributed by atoms with Gasteiger partial charge in [-0.15, -0.1) is 0 Å². The molecule has 9 aromatic rings. The van der Waals surface area contributed by atoms with E-state index in [0.29, 0.717) is 17.5 Å². The Morgan fingerprint density at radius 3 is 1.67 bits per heavy atom. The number of allylic oxidation sites excluding steroid dienone is 2. The molecule has 4 aromatic heterocycles. The number of benzene rings is 5. The highest BCUT2D eigenvalue weighted by Gasteiger charge is 2.42. The van der Waals surface area contributed by atoms with Crippen LogP contribution in [0.1, 0.15) is 42.1 Å². The van der Waals surface area contributed by atoms with Crippen molar-refractivity contribution in [3.63, 3.8) is 0 Å². The van der Waals surface area contributed by atoms with Crippen LogP contribution in [0.3, 0.4) is 0 Å².